The molecule has 0 amide bonds. The van der Waals surface area contributed by atoms with Gasteiger partial charge in [0.05, 0.1) is 11.0 Å². The van der Waals surface area contributed by atoms with Crippen LogP contribution < -0.4 is 5.73 Å². The van der Waals surface area contributed by atoms with Gasteiger partial charge in [-0.15, -0.1) is 0 Å². The predicted molar refractivity (Wildman–Crippen MR) is 105 cm³/mol. The highest BCUT2D eigenvalue weighted by atomic mass is 14.7. The summed E-state index contributed by atoms with van der Waals surface area (Å²) in [6.07, 6.45) is 1.25. The van der Waals surface area contributed by atoms with E-state index in [1.54, 1.807) is 0 Å². The number of rotatable bonds is 0. The Kier molecular flexibility index (Phi) is 7.53. The number of nitrogens with two attached hydrogens (primary N) is 1. The predicted octanol–water partition coefficient (Wildman–Crippen LogP) is 6.36. The van der Waals surface area contributed by atoms with Gasteiger partial charge in [0, 0.05) is 16.5 Å². The molecule has 0 atom stereocenters. The van der Waals surface area contributed by atoms with E-state index in [1.165, 1.54) is 12.0 Å². The first kappa shape index (κ1) is 19.0. The molecule has 0 saturated heterocycles. The number of aryl methyl sites for hydroxylation is 1. The maximum atomic E-state index is 5.77. The number of anilines is 1. The number of hydrogen-bond donors (Lipinski definition) is 1. The molecule has 0 fully saturated rings. The first-order chi connectivity index (χ1) is 10.9. The van der Waals surface area contributed by atoms with Crippen LogP contribution >= 0.6 is 0 Å². The van der Waals surface area contributed by atoms with Crippen LogP contribution in [0.2, 0.25) is 0 Å². The van der Waals surface area contributed by atoms with Crippen LogP contribution in [0, 0.1) is 12.8 Å². The van der Waals surface area contributed by atoms with Crippen LogP contribution in [0.3, 0.4) is 0 Å². The molecule has 0 bridgehead atoms. The molecule has 2 nitrogen and oxygen atoms in total. The van der Waals surface area contributed by atoms with E-state index in [0.717, 1.165) is 33.4 Å². The number of pyridine rings is 1. The van der Waals surface area contributed by atoms with E-state index < -0.39 is 0 Å². The number of nitrogen functional groups attached to an aromatic ring is 1. The molecule has 23 heavy (non-hydrogen) atoms. The summed E-state index contributed by atoms with van der Waals surface area (Å²) in [4.78, 5) is 4.60. The molecule has 2 aromatic carbocycles. The Balaban J connectivity index is 0.000000325. The third-order valence-corrected chi connectivity index (χ3v) is 2.79. The molecule has 2 N–H and O–H groups in total. The van der Waals surface area contributed by atoms with Crippen molar-refractivity contribution >= 4 is 27.5 Å². The number of nitrogens with zero attached hydrogens (tertiary/aromatic N) is 1. The summed E-state index contributed by atoms with van der Waals surface area (Å²) in [5.74, 6) is 0.833. The summed E-state index contributed by atoms with van der Waals surface area (Å²) in [7, 11) is 0. The first-order valence-corrected chi connectivity index (χ1v) is 8.44. The molecule has 1 heterocycles. The number of aromatic nitrogens is 1. The van der Waals surface area contributed by atoms with Crippen molar-refractivity contribution < 1.29 is 0 Å². The molecule has 0 aliphatic rings. The maximum Gasteiger partial charge on any atom is 0.0711 e. The molecule has 124 valence electrons. The monoisotopic (exact) mass is 310 g/mol. The van der Waals surface area contributed by atoms with Crippen molar-refractivity contribution in [1.82, 2.24) is 4.98 Å². The average molecular weight is 310 g/mol. The molecule has 0 radical (unpaired) electrons. The van der Waals surface area contributed by atoms with E-state index in [1.807, 2.05) is 18.2 Å². The quantitative estimate of drug-likeness (QED) is 0.388. The molecule has 2 heteroatoms. The summed E-state index contributed by atoms with van der Waals surface area (Å²) in [6.45, 7) is 12.8. The lowest BCUT2D eigenvalue weighted by Crippen LogP contribution is -1.87. The lowest BCUT2D eigenvalue weighted by Gasteiger charge is -2.03. The maximum absolute atomic E-state index is 5.77. The lowest BCUT2D eigenvalue weighted by molar-refractivity contribution is 0.737. The molecule has 3 rings (SSSR count). The Morgan fingerprint density at radius 2 is 1.35 bits per heavy atom. The van der Waals surface area contributed by atoms with E-state index in [-0.39, 0.29) is 0 Å². The van der Waals surface area contributed by atoms with Gasteiger partial charge in [-0.05, 0) is 49.2 Å². The van der Waals surface area contributed by atoms with Gasteiger partial charge in [0.2, 0.25) is 0 Å². The molecule has 0 aliphatic carbocycles. The molecular weight excluding hydrogens is 280 g/mol. The Bertz CT molecular complexity index is 685. The van der Waals surface area contributed by atoms with Crippen molar-refractivity contribution in [3.8, 4) is 0 Å². The van der Waals surface area contributed by atoms with E-state index in [2.05, 4.69) is 70.8 Å². The normalized spacial score (nSPS) is 10.0. The summed E-state index contributed by atoms with van der Waals surface area (Å²) >= 11 is 0. The third-order valence-electron chi connectivity index (χ3n) is 2.79. The Labute approximate surface area is 140 Å². The highest BCUT2D eigenvalue weighted by Crippen LogP contribution is 2.22. The fourth-order valence-electron chi connectivity index (χ4n) is 1.98. The fraction of sp³-hybridized carbons (Fsp3) is 0.381. The number of hydrogen-bond acceptors (Lipinski definition) is 2. The van der Waals surface area contributed by atoms with Crippen LogP contribution in [0.1, 0.15) is 46.6 Å². The average Bonchev–Trinajstić information content (AvgIpc) is 2.45. The molecule has 0 unspecified atom stereocenters. The Hall–Kier alpha value is -2.09. The molecular formula is C21H30N2. The van der Waals surface area contributed by atoms with Crippen LogP contribution in [-0.4, -0.2) is 4.98 Å². The first-order valence-electron chi connectivity index (χ1n) is 8.44. The van der Waals surface area contributed by atoms with E-state index in [0.29, 0.717) is 0 Å². The minimum absolute atomic E-state index is 0.779. The second-order valence-electron chi connectivity index (χ2n) is 6.58. The topological polar surface area (TPSA) is 38.9 Å². The van der Waals surface area contributed by atoms with Crippen molar-refractivity contribution in [3.63, 3.8) is 0 Å². The second-order valence-corrected chi connectivity index (χ2v) is 6.58. The van der Waals surface area contributed by atoms with Gasteiger partial charge in [-0.2, -0.15) is 0 Å². The zero-order valence-corrected chi connectivity index (χ0v) is 15.4. The molecule has 0 aliphatic heterocycles. The fourth-order valence-corrected chi connectivity index (χ4v) is 1.98. The van der Waals surface area contributed by atoms with Gasteiger partial charge in [0.1, 0.15) is 0 Å². The third kappa shape index (κ3) is 6.27. The van der Waals surface area contributed by atoms with Gasteiger partial charge in [-0.1, -0.05) is 52.7 Å². The molecule has 3 aromatic rings. The van der Waals surface area contributed by atoms with E-state index in [9.17, 15) is 0 Å². The van der Waals surface area contributed by atoms with Crippen molar-refractivity contribution in [3.05, 3.63) is 48.0 Å². The van der Waals surface area contributed by atoms with Gasteiger partial charge in [-0.3, -0.25) is 0 Å². The Morgan fingerprint density at radius 3 is 1.91 bits per heavy atom. The van der Waals surface area contributed by atoms with Crippen LogP contribution in [0.5, 0.6) is 0 Å². The van der Waals surface area contributed by atoms with Crippen molar-refractivity contribution in [2.24, 2.45) is 5.92 Å². The van der Waals surface area contributed by atoms with Crippen LogP contribution in [0.4, 0.5) is 5.69 Å². The van der Waals surface area contributed by atoms with Crippen molar-refractivity contribution in [1.29, 1.82) is 0 Å². The lowest BCUT2D eigenvalue weighted by atomic mass is 10.1. The van der Waals surface area contributed by atoms with Crippen LogP contribution in [-0.2, 0) is 0 Å². The summed E-state index contributed by atoms with van der Waals surface area (Å²) < 4.78 is 0. The number of benzene rings is 2. The van der Waals surface area contributed by atoms with Gasteiger partial charge >= 0.3 is 0 Å². The highest BCUT2D eigenvalue weighted by molar-refractivity contribution is 5.94. The summed E-state index contributed by atoms with van der Waals surface area (Å²) in [6, 6.07) is 14.2. The zero-order valence-electron chi connectivity index (χ0n) is 15.4. The summed E-state index contributed by atoms with van der Waals surface area (Å²) in [5.41, 5.74) is 9.82. The van der Waals surface area contributed by atoms with Crippen LogP contribution in [0.15, 0.2) is 42.5 Å². The summed E-state index contributed by atoms with van der Waals surface area (Å²) in [5, 5.41) is 2.26. The minimum atomic E-state index is 0.779. The Morgan fingerprint density at radius 1 is 0.870 bits per heavy atom. The van der Waals surface area contributed by atoms with Gasteiger partial charge in [0.15, 0.2) is 0 Å². The second kappa shape index (κ2) is 9.14. The van der Waals surface area contributed by atoms with E-state index >= 15 is 0 Å². The molecule has 1 aromatic heterocycles. The zero-order chi connectivity index (χ0) is 17.4. The largest absolute Gasteiger partial charge is 0.399 e. The molecule has 0 saturated carbocycles. The minimum Gasteiger partial charge on any atom is -0.399 e. The smallest absolute Gasteiger partial charge is 0.0711 e. The van der Waals surface area contributed by atoms with Gasteiger partial charge in [-0.25, -0.2) is 4.98 Å². The number of fused-ring (bicyclic) bond motifs is 2. The van der Waals surface area contributed by atoms with Crippen molar-refractivity contribution in [2.45, 2.75) is 48.0 Å². The highest BCUT2D eigenvalue weighted by Gasteiger charge is 2.00. The van der Waals surface area contributed by atoms with Gasteiger partial charge < -0.3 is 5.73 Å². The standard InChI is InChI=1S/C14H12N2.C4H10.C3H8/c1-9-2-4-13-10(6-9)7-11-8-12(15)3-5-14(11)16-13;1-4(2)3;1-3-2/h2-8H,15H2,1H3;4H,1-3H3;3H2,1-2H3. The van der Waals surface area contributed by atoms with Crippen molar-refractivity contribution in [2.75, 3.05) is 5.73 Å². The van der Waals surface area contributed by atoms with Gasteiger partial charge in [0.25, 0.3) is 0 Å². The SMILES string of the molecule is CC(C)C.CCC.Cc1ccc2nc3ccc(N)cc3cc2c1. The van der Waals surface area contributed by atoms with E-state index in [4.69, 9.17) is 5.73 Å². The molecule has 0 spiro atoms. The van der Waals surface area contributed by atoms with Crippen LogP contribution in [0.25, 0.3) is 21.8 Å².